The zero-order valence-corrected chi connectivity index (χ0v) is 15.1. The molecule has 9 heteroatoms. The molecule has 0 aliphatic carbocycles. The Morgan fingerprint density at radius 1 is 1.29 bits per heavy atom. The van der Waals surface area contributed by atoms with Crippen molar-refractivity contribution in [2.45, 2.75) is 31.5 Å². The molecule has 1 aliphatic rings. The van der Waals surface area contributed by atoms with Gasteiger partial charge in [-0.2, -0.15) is 4.31 Å². The number of aromatic nitrogens is 4. The maximum Gasteiger partial charge on any atom is 0.262 e. The minimum atomic E-state index is -3.60. The van der Waals surface area contributed by atoms with Gasteiger partial charge in [-0.1, -0.05) is 13.8 Å². The molecule has 0 bridgehead atoms. The van der Waals surface area contributed by atoms with E-state index in [-0.39, 0.29) is 11.1 Å². The molecule has 0 unspecified atom stereocenters. The lowest BCUT2D eigenvalue weighted by Crippen LogP contribution is -2.44. The second-order valence-electron chi connectivity index (χ2n) is 6.11. The molecule has 2 aromatic rings. The largest absolute Gasteiger partial charge is 0.339 e. The highest BCUT2D eigenvalue weighted by Gasteiger charge is 2.34. The van der Waals surface area contributed by atoms with Gasteiger partial charge in [-0.25, -0.2) is 18.4 Å². The van der Waals surface area contributed by atoms with E-state index >= 15 is 0 Å². The molecule has 1 atom stereocenters. The second kappa shape index (κ2) is 6.66. The lowest BCUT2D eigenvalue weighted by atomic mass is 10.2. The van der Waals surface area contributed by atoms with E-state index in [1.165, 1.54) is 10.6 Å². The molecule has 0 aromatic carbocycles. The van der Waals surface area contributed by atoms with Crippen LogP contribution in [0.25, 0.3) is 0 Å². The number of aryl methyl sites for hydroxylation is 1. The summed E-state index contributed by atoms with van der Waals surface area (Å²) < 4.78 is 31.1. The molecule has 0 fully saturated rings. The van der Waals surface area contributed by atoms with E-state index in [1.807, 2.05) is 0 Å². The first-order valence-electron chi connectivity index (χ1n) is 8.16. The fourth-order valence-electron chi connectivity index (χ4n) is 3.11. The summed E-state index contributed by atoms with van der Waals surface area (Å²) >= 11 is 0. The number of likely N-dealkylation sites (N-methyl/N-ethyl adjacent to an activating group) is 1. The van der Waals surface area contributed by atoms with Crippen LogP contribution in [0.15, 0.2) is 30.1 Å². The maximum absolute atomic E-state index is 12.9. The first kappa shape index (κ1) is 17.1. The smallest absolute Gasteiger partial charge is 0.262 e. The van der Waals surface area contributed by atoms with Crippen LogP contribution in [0.3, 0.4) is 0 Å². The molecular formula is C15H24N6O2S. The van der Waals surface area contributed by atoms with Crippen LogP contribution in [0.1, 0.15) is 25.6 Å². The van der Waals surface area contributed by atoms with Crippen LogP contribution in [0, 0.1) is 0 Å². The second-order valence-corrected chi connectivity index (χ2v) is 7.99. The Morgan fingerprint density at radius 3 is 2.67 bits per heavy atom. The van der Waals surface area contributed by atoms with Crippen molar-refractivity contribution in [3.05, 3.63) is 30.7 Å². The lowest BCUT2D eigenvalue weighted by molar-refractivity contribution is 0.201. The Labute approximate surface area is 142 Å². The van der Waals surface area contributed by atoms with E-state index in [1.54, 1.807) is 30.3 Å². The Balaban J connectivity index is 1.89. The molecule has 0 saturated carbocycles. The van der Waals surface area contributed by atoms with Gasteiger partial charge in [0.1, 0.15) is 0 Å². The van der Waals surface area contributed by atoms with Gasteiger partial charge in [-0.3, -0.25) is 0 Å². The fourth-order valence-corrected chi connectivity index (χ4v) is 4.53. The molecule has 0 spiro atoms. The maximum atomic E-state index is 12.9. The van der Waals surface area contributed by atoms with Crippen molar-refractivity contribution in [2.75, 3.05) is 26.2 Å². The average Bonchev–Trinajstić information content (AvgIpc) is 3.21. The fraction of sp³-hybridized carbons (Fsp3) is 0.600. The Morgan fingerprint density at radius 2 is 2.04 bits per heavy atom. The van der Waals surface area contributed by atoms with Crippen molar-refractivity contribution in [1.29, 1.82) is 0 Å². The summed E-state index contributed by atoms with van der Waals surface area (Å²) in [5.41, 5.74) is 0.915. The van der Waals surface area contributed by atoms with Crippen molar-refractivity contribution < 1.29 is 8.42 Å². The highest BCUT2D eigenvalue weighted by molar-refractivity contribution is 7.89. The third-order valence-corrected chi connectivity index (χ3v) is 6.24. The predicted molar refractivity (Wildman–Crippen MR) is 89.9 cm³/mol. The molecule has 2 aromatic heterocycles. The van der Waals surface area contributed by atoms with Gasteiger partial charge < -0.3 is 14.0 Å². The summed E-state index contributed by atoms with van der Waals surface area (Å²) in [6.45, 7) is 7.65. The SMILES string of the molecule is CCN(CC)C[C@H]1CN(S(=O)(=O)c2cn(C)cn2)Cc2cncn21. The van der Waals surface area contributed by atoms with Gasteiger partial charge in [0, 0.05) is 32.5 Å². The third-order valence-electron chi connectivity index (χ3n) is 4.54. The zero-order chi connectivity index (χ0) is 17.3. The van der Waals surface area contributed by atoms with E-state index in [4.69, 9.17) is 0 Å². The monoisotopic (exact) mass is 352 g/mol. The lowest BCUT2D eigenvalue weighted by Gasteiger charge is -2.35. The van der Waals surface area contributed by atoms with Crippen LogP contribution in [-0.2, 0) is 23.6 Å². The number of hydrogen-bond acceptors (Lipinski definition) is 5. The van der Waals surface area contributed by atoms with Gasteiger partial charge in [-0.05, 0) is 13.1 Å². The Hall–Kier alpha value is -1.71. The van der Waals surface area contributed by atoms with Gasteiger partial charge in [0.25, 0.3) is 10.0 Å². The molecular weight excluding hydrogens is 328 g/mol. The van der Waals surface area contributed by atoms with Gasteiger partial charge in [-0.15, -0.1) is 0 Å². The topological polar surface area (TPSA) is 76.3 Å². The van der Waals surface area contributed by atoms with Crippen LogP contribution < -0.4 is 0 Å². The summed E-state index contributed by atoms with van der Waals surface area (Å²) in [6, 6.07) is 0.0506. The normalized spacial score (nSPS) is 18.9. The Bertz CT molecular complexity index is 793. The van der Waals surface area contributed by atoms with E-state index in [2.05, 4.69) is 33.3 Å². The van der Waals surface area contributed by atoms with E-state index in [9.17, 15) is 8.42 Å². The minimum absolute atomic E-state index is 0.0506. The molecule has 0 radical (unpaired) electrons. The summed E-state index contributed by atoms with van der Waals surface area (Å²) in [5, 5.41) is 0.0968. The van der Waals surface area contributed by atoms with E-state index in [0.29, 0.717) is 13.1 Å². The molecule has 24 heavy (non-hydrogen) atoms. The van der Waals surface area contributed by atoms with Crippen molar-refractivity contribution >= 4 is 10.0 Å². The van der Waals surface area contributed by atoms with Crippen molar-refractivity contribution in [3.8, 4) is 0 Å². The first-order valence-corrected chi connectivity index (χ1v) is 9.60. The quantitative estimate of drug-likeness (QED) is 0.765. The van der Waals surface area contributed by atoms with Crippen LogP contribution in [0.2, 0.25) is 0 Å². The summed E-state index contributed by atoms with van der Waals surface area (Å²) in [6.07, 6.45) is 6.60. The molecule has 1 aliphatic heterocycles. The molecule has 132 valence electrons. The summed E-state index contributed by atoms with van der Waals surface area (Å²) in [7, 11) is -1.84. The van der Waals surface area contributed by atoms with Crippen LogP contribution >= 0.6 is 0 Å². The van der Waals surface area contributed by atoms with Gasteiger partial charge >= 0.3 is 0 Å². The molecule has 0 saturated heterocycles. The molecule has 3 heterocycles. The molecule has 0 N–H and O–H groups in total. The molecule has 8 nitrogen and oxygen atoms in total. The van der Waals surface area contributed by atoms with Gasteiger partial charge in [0.2, 0.25) is 0 Å². The number of rotatable bonds is 6. The Kier molecular flexibility index (Phi) is 4.75. The zero-order valence-electron chi connectivity index (χ0n) is 14.3. The van der Waals surface area contributed by atoms with Crippen molar-refractivity contribution in [1.82, 2.24) is 28.3 Å². The van der Waals surface area contributed by atoms with Crippen LogP contribution in [0.5, 0.6) is 0 Å². The van der Waals surface area contributed by atoms with Gasteiger partial charge in [0.15, 0.2) is 5.03 Å². The predicted octanol–water partition coefficient (Wildman–Crippen LogP) is 0.704. The number of hydrogen-bond donors (Lipinski definition) is 0. The highest BCUT2D eigenvalue weighted by atomic mass is 32.2. The van der Waals surface area contributed by atoms with Crippen molar-refractivity contribution in [3.63, 3.8) is 0 Å². The van der Waals surface area contributed by atoms with Crippen molar-refractivity contribution in [2.24, 2.45) is 7.05 Å². The third kappa shape index (κ3) is 3.11. The first-order chi connectivity index (χ1) is 11.5. The number of imidazole rings is 2. The molecule has 0 amide bonds. The number of fused-ring (bicyclic) bond motifs is 1. The van der Waals surface area contributed by atoms with E-state index in [0.717, 1.165) is 25.3 Å². The highest BCUT2D eigenvalue weighted by Crippen LogP contribution is 2.26. The van der Waals surface area contributed by atoms with Crippen LogP contribution in [0.4, 0.5) is 0 Å². The van der Waals surface area contributed by atoms with Gasteiger partial charge in [0.05, 0.1) is 30.9 Å². The number of sulfonamides is 1. The summed E-state index contributed by atoms with van der Waals surface area (Å²) in [5.74, 6) is 0. The average molecular weight is 352 g/mol. The summed E-state index contributed by atoms with van der Waals surface area (Å²) in [4.78, 5) is 10.5. The standard InChI is InChI=1S/C15H24N6O2S/c1-4-19(5-2)7-14-9-20(8-13-6-16-11-21(13)14)24(22,23)15-10-18(3)12-17-15/h6,10-12,14H,4-5,7-9H2,1-3H3/t14-/m0/s1. The molecule has 3 rings (SSSR count). The van der Waals surface area contributed by atoms with E-state index < -0.39 is 10.0 Å². The minimum Gasteiger partial charge on any atom is -0.339 e. The van der Waals surface area contributed by atoms with Crippen LogP contribution in [-0.4, -0.2) is 62.9 Å². The number of nitrogens with zero attached hydrogens (tertiary/aromatic N) is 6.